The lowest BCUT2D eigenvalue weighted by Crippen LogP contribution is -2.43. The zero-order valence-electron chi connectivity index (χ0n) is 13.7. The Labute approximate surface area is 144 Å². The molecule has 1 aromatic carbocycles. The van der Waals surface area contributed by atoms with E-state index in [0.29, 0.717) is 6.54 Å². The Morgan fingerprint density at radius 3 is 2.36 bits per heavy atom. The van der Waals surface area contributed by atoms with Gasteiger partial charge >= 0.3 is 6.36 Å². The van der Waals surface area contributed by atoms with Crippen molar-refractivity contribution in [2.75, 3.05) is 19.6 Å². The third-order valence-corrected chi connectivity index (χ3v) is 4.37. The van der Waals surface area contributed by atoms with Crippen molar-refractivity contribution in [3.8, 4) is 5.75 Å². The van der Waals surface area contributed by atoms with E-state index in [4.69, 9.17) is 0 Å². The molecule has 0 spiro atoms. The Morgan fingerprint density at radius 2 is 1.84 bits per heavy atom. The quantitative estimate of drug-likeness (QED) is 0.591. The molecule has 0 heterocycles. The largest absolute Gasteiger partial charge is 0.573 e. The van der Waals surface area contributed by atoms with Crippen LogP contribution in [0.25, 0.3) is 0 Å². The number of ether oxygens (including phenoxy) is 1. The molecule has 11 heteroatoms. The molecule has 1 atom stereocenters. The molecule has 1 aromatic rings. The number of alkyl halides is 3. The first-order valence-electron chi connectivity index (χ1n) is 7.39. The molecule has 7 nitrogen and oxygen atoms in total. The number of benzene rings is 1. The maximum absolute atomic E-state index is 12.1. The van der Waals surface area contributed by atoms with Gasteiger partial charge < -0.3 is 15.4 Å². The van der Waals surface area contributed by atoms with Gasteiger partial charge in [-0.1, -0.05) is 6.92 Å². The summed E-state index contributed by atoms with van der Waals surface area (Å²) in [5.74, 6) is -1.06. The highest BCUT2D eigenvalue weighted by atomic mass is 32.2. The molecule has 1 amide bonds. The van der Waals surface area contributed by atoms with E-state index < -0.39 is 34.6 Å². The number of carbonyl (C=O) groups excluding carboxylic acids is 1. The fraction of sp³-hybridized carbons (Fsp3) is 0.500. The van der Waals surface area contributed by atoms with Crippen LogP contribution in [-0.2, 0) is 14.8 Å². The molecule has 25 heavy (non-hydrogen) atoms. The molecule has 142 valence electrons. The first kappa shape index (κ1) is 21.2. The van der Waals surface area contributed by atoms with Crippen LogP contribution in [0.2, 0.25) is 0 Å². The zero-order valence-corrected chi connectivity index (χ0v) is 14.5. The molecule has 0 aliphatic carbocycles. The van der Waals surface area contributed by atoms with E-state index in [1.807, 2.05) is 13.8 Å². The third kappa shape index (κ3) is 8.18. The van der Waals surface area contributed by atoms with Crippen LogP contribution < -0.4 is 20.1 Å². The fourth-order valence-corrected chi connectivity index (χ4v) is 2.80. The Hall–Kier alpha value is -1.85. The van der Waals surface area contributed by atoms with E-state index in [9.17, 15) is 26.4 Å². The Balaban J connectivity index is 2.56. The molecular weight excluding hydrogens is 363 g/mol. The van der Waals surface area contributed by atoms with Crippen LogP contribution in [0, 0.1) is 0 Å². The fourth-order valence-electron chi connectivity index (χ4n) is 1.81. The topological polar surface area (TPSA) is 96.5 Å². The molecule has 3 N–H and O–H groups in total. The summed E-state index contributed by atoms with van der Waals surface area (Å²) in [6.45, 7) is 4.35. The Bertz CT molecular complexity index is 663. The van der Waals surface area contributed by atoms with Gasteiger partial charge in [-0.2, -0.15) is 0 Å². The maximum Gasteiger partial charge on any atom is 0.573 e. The van der Waals surface area contributed by atoms with E-state index in [-0.39, 0.29) is 10.9 Å². The van der Waals surface area contributed by atoms with Crippen molar-refractivity contribution in [1.82, 2.24) is 15.4 Å². The highest BCUT2D eigenvalue weighted by Crippen LogP contribution is 2.23. The van der Waals surface area contributed by atoms with Gasteiger partial charge in [0.15, 0.2) is 0 Å². The second-order valence-corrected chi connectivity index (χ2v) is 6.87. The minimum atomic E-state index is -4.86. The first-order valence-corrected chi connectivity index (χ1v) is 8.87. The van der Waals surface area contributed by atoms with Gasteiger partial charge in [0.05, 0.1) is 11.4 Å². The molecule has 0 saturated heterocycles. The molecule has 0 aliphatic rings. The third-order valence-electron chi connectivity index (χ3n) is 2.95. The van der Waals surface area contributed by atoms with Crippen molar-refractivity contribution >= 4 is 15.9 Å². The van der Waals surface area contributed by atoms with Crippen molar-refractivity contribution in [2.45, 2.75) is 31.1 Å². The van der Waals surface area contributed by atoms with Crippen LogP contribution in [0.15, 0.2) is 29.2 Å². The summed E-state index contributed by atoms with van der Waals surface area (Å²) < 4.78 is 65.9. The normalized spacial score (nSPS) is 13.3. The zero-order chi connectivity index (χ0) is 19.1. The second kappa shape index (κ2) is 9.02. The predicted octanol–water partition coefficient (Wildman–Crippen LogP) is 0.978. The molecule has 1 rings (SSSR count). The van der Waals surface area contributed by atoms with E-state index in [1.54, 1.807) is 0 Å². The van der Waals surface area contributed by atoms with Gasteiger partial charge in [0.2, 0.25) is 15.9 Å². The number of likely N-dealkylation sites (N-methyl/N-ethyl adjacent to an activating group) is 1. The molecule has 0 radical (unpaired) electrons. The summed E-state index contributed by atoms with van der Waals surface area (Å²) in [4.78, 5) is 11.3. The molecule has 0 aliphatic heterocycles. The van der Waals surface area contributed by atoms with Gasteiger partial charge in [0, 0.05) is 12.6 Å². The van der Waals surface area contributed by atoms with Gasteiger partial charge in [0.25, 0.3) is 0 Å². The van der Waals surface area contributed by atoms with E-state index >= 15 is 0 Å². The smallest absolute Gasteiger partial charge is 0.406 e. The average Bonchev–Trinajstić information content (AvgIpc) is 2.50. The van der Waals surface area contributed by atoms with E-state index in [1.165, 1.54) is 0 Å². The summed E-state index contributed by atoms with van der Waals surface area (Å²) in [5, 5.41) is 5.63. The highest BCUT2D eigenvalue weighted by molar-refractivity contribution is 7.89. The molecular formula is C14H20F3N3O4S. The van der Waals surface area contributed by atoms with Gasteiger partial charge in [-0.3, -0.25) is 4.79 Å². The van der Waals surface area contributed by atoms with E-state index in [0.717, 1.165) is 30.8 Å². The molecule has 0 unspecified atom stereocenters. The van der Waals surface area contributed by atoms with Crippen molar-refractivity contribution in [3.05, 3.63) is 24.3 Å². The van der Waals surface area contributed by atoms with Gasteiger partial charge in [-0.05, 0) is 37.7 Å². The number of amides is 1. The summed E-state index contributed by atoms with van der Waals surface area (Å²) in [6.07, 6.45) is -4.86. The number of hydrogen-bond donors (Lipinski definition) is 3. The Morgan fingerprint density at radius 1 is 1.24 bits per heavy atom. The standard InChI is InChI=1S/C14H20F3N3O4S/c1-3-18-10(2)8-19-13(21)9-20-25(22,23)12-6-4-11(5-7-12)24-14(15,16)17/h4-7,10,18,20H,3,8-9H2,1-2H3,(H,19,21)/t10-/m1/s1. The van der Waals surface area contributed by atoms with Crippen molar-refractivity contribution in [2.24, 2.45) is 0 Å². The molecule has 0 aromatic heterocycles. The minimum Gasteiger partial charge on any atom is -0.406 e. The van der Waals surface area contributed by atoms with Crippen LogP contribution in [-0.4, -0.2) is 46.4 Å². The number of carbonyl (C=O) groups is 1. The average molecular weight is 383 g/mol. The van der Waals surface area contributed by atoms with Gasteiger partial charge in [-0.25, -0.2) is 13.1 Å². The maximum atomic E-state index is 12.1. The van der Waals surface area contributed by atoms with Crippen LogP contribution in [0.5, 0.6) is 5.75 Å². The van der Waals surface area contributed by atoms with Crippen molar-refractivity contribution in [3.63, 3.8) is 0 Å². The van der Waals surface area contributed by atoms with Crippen LogP contribution >= 0.6 is 0 Å². The van der Waals surface area contributed by atoms with Crippen LogP contribution in [0.4, 0.5) is 13.2 Å². The molecule has 0 saturated carbocycles. The number of nitrogens with one attached hydrogen (secondary N) is 3. The summed E-state index contributed by atoms with van der Waals surface area (Å²) in [6, 6.07) is 3.69. The second-order valence-electron chi connectivity index (χ2n) is 5.11. The summed E-state index contributed by atoms with van der Waals surface area (Å²) in [7, 11) is -4.03. The molecule has 0 bridgehead atoms. The van der Waals surface area contributed by atoms with Crippen LogP contribution in [0.3, 0.4) is 0 Å². The summed E-state index contributed by atoms with van der Waals surface area (Å²) in [5.41, 5.74) is 0. The number of rotatable bonds is 9. The minimum absolute atomic E-state index is 0.0340. The first-order chi connectivity index (χ1) is 11.5. The monoisotopic (exact) mass is 383 g/mol. The van der Waals surface area contributed by atoms with Gasteiger partial charge in [0.1, 0.15) is 5.75 Å². The summed E-state index contributed by atoms with van der Waals surface area (Å²) >= 11 is 0. The number of halogens is 3. The van der Waals surface area contributed by atoms with Crippen LogP contribution in [0.1, 0.15) is 13.8 Å². The molecule has 0 fully saturated rings. The lowest BCUT2D eigenvalue weighted by molar-refractivity contribution is -0.274. The SMILES string of the molecule is CCN[C@H](C)CNC(=O)CNS(=O)(=O)c1ccc(OC(F)(F)F)cc1. The number of hydrogen-bond acceptors (Lipinski definition) is 5. The lowest BCUT2D eigenvalue weighted by Gasteiger charge is -2.13. The highest BCUT2D eigenvalue weighted by Gasteiger charge is 2.31. The van der Waals surface area contributed by atoms with E-state index in [2.05, 4.69) is 20.1 Å². The number of sulfonamides is 1. The van der Waals surface area contributed by atoms with Crippen molar-refractivity contribution < 1.29 is 31.1 Å². The predicted molar refractivity (Wildman–Crippen MR) is 84.5 cm³/mol. The lowest BCUT2D eigenvalue weighted by atomic mass is 10.3. The Kier molecular flexibility index (Phi) is 7.64. The van der Waals surface area contributed by atoms with Gasteiger partial charge in [-0.15, -0.1) is 13.2 Å². The van der Waals surface area contributed by atoms with Crippen molar-refractivity contribution in [1.29, 1.82) is 0 Å².